The lowest BCUT2D eigenvalue weighted by Crippen LogP contribution is -2.52. The van der Waals surface area contributed by atoms with Gasteiger partial charge >= 0.3 is 0 Å². The van der Waals surface area contributed by atoms with E-state index in [1.165, 1.54) is 16.8 Å². The molecule has 5 aliphatic rings. The minimum Gasteiger partial charge on any atom is -0.502 e. The predicted molar refractivity (Wildman–Crippen MR) is 141 cm³/mol. The minimum absolute atomic E-state index is 0.0602. The number of hydrogen-bond acceptors (Lipinski definition) is 5. The van der Waals surface area contributed by atoms with Crippen molar-refractivity contribution >= 4 is 17.7 Å². The summed E-state index contributed by atoms with van der Waals surface area (Å²) in [4.78, 5) is 29.6. The number of carbonyl (C=O) groups excluding carboxylic acids is 1. The molecular weight excluding hydrogens is 489 g/mol. The topological polar surface area (TPSA) is 74.6 Å². The van der Waals surface area contributed by atoms with E-state index in [4.69, 9.17) is 0 Å². The van der Waals surface area contributed by atoms with Crippen LogP contribution in [0.3, 0.4) is 0 Å². The molecule has 1 aromatic heterocycles. The van der Waals surface area contributed by atoms with Gasteiger partial charge in [0.15, 0.2) is 11.4 Å². The van der Waals surface area contributed by atoms with Crippen molar-refractivity contribution in [3.05, 3.63) is 80.4 Å². The lowest BCUT2D eigenvalue weighted by atomic mass is 9.84. The second-order valence-electron chi connectivity index (χ2n) is 10.7. The fourth-order valence-corrected chi connectivity index (χ4v) is 8.05. The highest BCUT2D eigenvalue weighted by molar-refractivity contribution is 7.98. The summed E-state index contributed by atoms with van der Waals surface area (Å²) < 4.78 is 17.1. The molecule has 1 atom stereocenters. The molecule has 3 aromatic rings. The zero-order valence-corrected chi connectivity index (χ0v) is 21.4. The Hall–Kier alpha value is -3.26. The number of benzene rings is 2. The Bertz CT molecular complexity index is 1530. The average Bonchev–Trinajstić information content (AvgIpc) is 3.42. The van der Waals surface area contributed by atoms with Crippen LogP contribution in [0.5, 0.6) is 5.75 Å². The first kappa shape index (κ1) is 22.9. The van der Waals surface area contributed by atoms with E-state index < -0.39 is 11.2 Å². The molecule has 1 amide bonds. The molecular formula is C29H28FN3O3S. The predicted octanol–water partition coefficient (Wildman–Crippen LogP) is 4.87. The summed E-state index contributed by atoms with van der Waals surface area (Å²) in [6.45, 7) is 2.24. The van der Waals surface area contributed by atoms with E-state index in [0.29, 0.717) is 47.3 Å². The van der Waals surface area contributed by atoms with Crippen molar-refractivity contribution in [1.82, 2.24) is 9.58 Å². The number of nitrogens with zero attached hydrogens (tertiary/aromatic N) is 2. The van der Waals surface area contributed by atoms with E-state index in [2.05, 4.69) is 17.6 Å². The first-order chi connectivity index (χ1) is 17.9. The van der Waals surface area contributed by atoms with Gasteiger partial charge in [-0.05, 0) is 78.3 Å². The summed E-state index contributed by atoms with van der Waals surface area (Å²) >= 11 is 1.70. The van der Waals surface area contributed by atoms with Crippen LogP contribution < -0.4 is 10.9 Å². The standard InChI is InChI=1S/C29H28FN3O3S/c1-2-18-21-13-37-26-6-4-3-5-16(26)10-19(21)20(11-22(18)30)24-12-25(34)28(35)27-29(36)32(14-31-33(24)27)23-9-15-7-17(23)8-15/h3-6,11-12,15,17,23,31,35H,2,7-10,13-14H2,1H3. The normalized spacial score (nSPS) is 23.5. The van der Waals surface area contributed by atoms with Crippen LogP contribution in [0, 0.1) is 17.7 Å². The van der Waals surface area contributed by atoms with Crippen LogP contribution in [0.15, 0.2) is 46.1 Å². The van der Waals surface area contributed by atoms with Crippen LogP contribution in [-0.4, -0.2) is 33.3 Å². The van der Waals surface area contributed by atoms with Crippen molar-refractivity contribution in [2.45, 2.75) is 55.7 Å². The SMILES string of the molecule is CCc1c(F)cc(-c2cc(=O)c(O)c3n2NCN(C2CC4CC2C4)C3=O)c2c1CSc1ccccc1C2. The Morgan fingerprint density at radius 2 is 1.95 bits per heavy atom. The Labute approximate surface area is 218 Å². The lowest BCUT2D eigenvalue weighted by Gasteiger charge is -2.38. The van der Waals surface area contributed by atoms with Crippen molar-refractivity contribution in [2.75, 3.05) is 12.1 Å². The van der Waals surface area contributed by atoms with Crippen LogP contribution >= 0.6 is 11.8 Å². The van der Waals surface area contributed by atoms with Crippen LogP contribution in [0.4, 0.5) is 4.39 Å². The van der Waals surface area contributed by atoms with Gasteiger partial charge in [0.05, 0.1) is 5.69 Å². The zero-order valence-electron chi connectivity index (χ0n) is 20.6. The first-order valence-electron chi connectivity index (χ1n) is 13.0. The summed E-state index contributed by atoms with van der Waals surface area (Å²) in [5.74, 6) is 0.567. The number of aromatic nitrogens is 1. The largest absolute Gasteiger partial charge is 0.502 e. The van der Waals surface area contributed by atoms with Gasteiger partial charge < -0.3 is 15.4 Å². The van der Waals surface area contributed by atoms with Gasteiger partial charge in [-0.15, -0.1) is 11.8 Å². The van der Waals surface area contributed by atoms with Crippen LogP contribution in [0.2, 0.25) is 0 Å². The molecule has 0 spiro atoms. The Kier molecular flexibility index (Phi) is 5.19. The maximum absolute atomic E-state index is 15.5. The maximum atomic E-state index is 15.5. The molecule has 3 saturated carbocycles. The van der Waals surface area contributed by atoms with Crippen molar-refractivity contribution in [1.29, 1.82) is 0 Å². The smallest absolute Gasteiger partial charge is 0.278 e. The van der Waals surface area contributed by atoms with Crippen LogP contribution in [0.25, 0.3) is 11.3 Å². The van der Waals surface area contributed by atoms with Crippen molar-refractivity contribution in [2.24, 2.45) is 11.8 Å². The number of amides is 1. The van der Waals surface area contributed by atoms with Gasteiger partial charge in [-0.1, -0.05) is 25.1 Å². The van der Waals surface area contributed by atoms with Crippen molar-refractivity contribution in [3.8, 4) is 17.0 Å². The third-order valence-electron chi connectivity index (χ3n) is 8.80. The summed E-state index contributed by atoms with van der Waals surface area (Å²) in [5.41, 5.74) is 7.32. The van der Waals surface area contributed by atoms with E-state index in [1.807, 2.05) is 19.1 Å². The Morgan fingerprint density at radius 3 is 2.70 bits per heavy atom. The quantitative estimate of drug-likeness (QED) is 0.518. The second kappa shape index (κ2) is 8.38. The van der Waals surface area contributed by atoms with Crippen molar-refractivity contribution in [3.63, 3.8) is 0 Å². The number of rotatable bonds is 3. The molecule has 6 nitrogen and oxygen atoms in total. The Morgan fingerprint density at radius 1 is 1.14 bits per heavy atom. The molecule has 3 heterocycles. The summed E-state index contributed by atoms with van der Waals surface area (Å²) in [5, 5.41) is 10.8. The number of fused-ring (bicyclic) bond motifs is 4. The molecule has 190 valence electrons. The fraction of sp³-hybridized carbons (Fsp3) is 0.379. The molecule has 1 unspecified atom stereocenters. The highest BCUT2D eigenvalue weighted by atomic mass is 32.2. The molecule has 2 N–H and O–H groups in total. The molecule has 0 saturated heterocycles. The van der Waals surface area contributed by atoms with E-state index in [9.17, 15) is 14.7 Å². The van der Waals surface area contributed by atoms with E-state index in [1.54, 1.807) is 16.7 Å². The molecule has 2 aliphatic heterocycles. The highest BCUT2D eigenvalue weighted by Crippen LogP contribution is 2.51. The number of thioether (sulfide) groups is 1. The van der Waals surface area contributed by atoms with Gasteiger partial charge in [0.2, 0.25) is 5.43 Å². The summed E-state index contributed by atoms with van der Waals surface area (Å²) in [6, 6.07) is 11.1. The molecule has 0 radical (unpaired) electrons. The number of hydrogen-bond donors (Lipinski definition) is 2. The van der Waals surface area contributed by atoms with E-state index in [0.717, 1.165) is 40.8 Å². The molecule has 3 aliphatic carbocycles. The van der Waals surface area contributed by atoms with Gasteiger partial charge in [0.1, 0.15) is 12.5 Å². The Balaban J connectivity index is 1.41. The fourth-order valence-electron chi connectivity index (χ4n) is 6.90. The van der Waals surface area contributed by atoms with Crippen molar-refractivity contribution < 1.29 is 14.3 Å². The number of aromatic hydroxyl groups is 1. The average molecular weight is 518 g/mol. The van der Waals surface area contributed by atoms with Crippen LogP contribution in [-0.2, 0) is 18.6 Å². The molecule has 2 bridgehead atoms. The third kappa shape index (κ3) is 3.38. The number of nitrogens with one attached hydrogen (secondary N) is 1. The molecule has 8 rings (SSSR count). The van der Waals surface area contributed by atoms with Gasteiger partial charge in [-0.25, -0.2) is 9.07 Å². The number of pyridine rings is 1. The molecule has 37 heavy (non-hydrogen) atoms. The number of carbonyl (C=O) groups is 1. The lowest BCUT2D eigenvalue weighted by molar-refractivity contribution is 0.0606. The van der Waals surface area contributed by atoms with Gasteiger partial charge in [0, 0.05) is 28.3 Å². The highest BCUT2D eigenvalue weighted by Gasteiger charge is 2.49. The van der Waals surface area contributed by atoms with E-state index >= 15 is 4.39 Å². The first-order valence-corrected chi connectivity index (χ1v) is 14.0. The molecule has 3 fully saturated rings. The van der Waals surface area contributed by atoms with Crippen LogP contribution in [0.1, 0.15) is 58.9 Å². The maximum Gasteiger partial charge on any atom is 0.278 e. The van der Waals surface area contributed by atoms with E-state index in [-0.39, 0.29) is 30.1 Å². The monoisotopic (exact) mass is 517 g/mol. The van der Waals surface area contributed by atoms with Gasteiger partial charge in [-0.3, -0.25) is 9.59 Å². The molecule has 2 aromatic carbocycles. The van der Waals surface area contributed by atoms with Gasteiger partial charge in [0.25, 0.3) is 5.91 Å². The summed E-state index contributed by atoms with van der Waals surface area (Å²) in [6.07, 6.45) is 4.41. The zero-order chi connectivity index (χ0) is 25.4. The second-order valence-corrected chi connectivity index (χ2v) is 11.7. The van der Waals surface area contributed by atoms with Gasteiger partial charge in [-0.2, -0.15) is 0 Å². The molecule has 8 heteroatoms. The number of halogens is 1. The minimum atomic E-state index is -0.633. The third-order valence-corrected chi connectivity index (χ3v) is 9.94. The summed E-state index contributed by atoms with van der Waals surface area (Å²) in [7, 11) is 0.